The maximum atomic E-state index is 6.34. The smallest absolute Gasteiger partial charge is 0.164 e. The van der Waals surface area contributed by atoms with Gasteiger partial charge in [-0.25, -0.2) is 15.0 Å². The van der Waals surface area contributed by atoms with Gasteiger partial charge in [-0.1, -0.05) is 170 Å². The predicted octanol–water partition coefficient (Wildman–Crippen LogP) is 14.5. The third kappa shape index (κ3) is 5.72. The van der Waals surface area contributed by atoms with Crippen LogP contribution in [0.3, 0.4) is 0 Å². The van der Waals surface area contributed by atoms with Crippen molar-refractivity contribution in [1.82, 2.24) is 15.0 Å². The molecule has 0 N–H and O–H groups in total. The van der Waals surface area contributed by atoms with Crippen molar-refractivity contribution in [3.8, 4) is 78.7 Å². The van der Waals surface area contributed by atoms with Gasteiger partial charge >= 0.3 is 0 Å². The molecule has 2 aromatic heterocycles. The Morgan fingerprint density at radius 1 is 0.300 bits per heavy atom. The Morgan fingerprint density at radius 3 is 1.58 bits per heavy atom. The first-order valence-electron chi connectivity index (χ1n) is 20.4. The minimum atomic E-state index is 0.587. The SMILES string of the molecule is c1ccc(-c2ccc(-c3nc(-c4ccc5c(c4)oc4ccccc45)nc(-c4cc(-c5cccc6c5Cc5c(-c7ccccc7)cccc5-6)cc5ccccc45)n3)cc2)cc1. The van der Waals surface area contributed by atoms with E-state index in [4.69, 9.17) is 19.4 Å². The highest BCUT2D eigenvalue weighted by Crippen LogP contribution is 2.46. The molecule has 0 aliphatic heterocycles. The van der Waals surface area contributed by atoms with E-state index in [0.29, 0.717) is 17.5 Å². The van der Waals surface area contributed by atoms with Gasteiger partial charge in [0.05, 0.1) is 0 Å². The van der Waals surface area contributed by atoms with Crippen LogP contribution in [0.2, 0.25) is 0 Å². The van der Waals surface area contributed by atoms with Crippen molar-refractivity contribution in [2.45, 2.75) is 6.42 Å². The Labute approximate surface area is 347 Å². The summed E-state index contributed by atoms with van der Waals surface area (Å²) in [6.07, 6.45) is 0.858. The average Bonchev–Trinajstić information content (AvgIpc) is 3.90. The van der Waals surface area contributed by atoms with Gasteiger partial charge in [0, 0.05) is 27.5 Å². The second-order valence-corrected chi connectivity index (χ2v) is 15.5. The molecule has 0 radical (unpaired) electrons. The number of para-hydroxylation sites is 1. The molecule has 0 spiro atoms. The minimum Gasteiger partial charge on any atom is -0.456 e. The van der Waals surface area contributed by atoms with Crippen molar-refractivity contribution < 1.29 is 4.42 Å². The molecule has 0 saturated heterocycles. The van der Waals surface area contributed by atoms with Crippen molar-refractivity contribution in [2.24, 2.45) is 0 Å². The van der Waals surface area contributed by atoms with Crippen LogP contribution in [-0.2, 0) is 6.42 Å². The van der Waals surface area contributed by atoms with Crippen molar-refractivity contribution in [2.75, 3.05) is 0 Å². The van der Waals surface area contributed by atoms with Crippen LogP contribution >= 0.6 is 0 Å². The average molecular weight is 766 g/mol. The molecule has 4 nitrogen and oxygen atoms in total. The molecule has 9 aromatic carbocycles. The molecule has 0 fully saturated rings. The van der Waals surface area contributed by atoms with Gasteiger partial charge in [-0.05, 0) is 103 Å². The summed E-state index contributed by atoms with van der Waals surface area (Å²) in [4.78, 5) is 15.7. The highest BCUT2D eigenvalue weighted by Gasteiger charge is 2.25. The van der Waals surface area contributed by atoms with E-state index in [2.05, 4.69) is 176 Å². The second kappa shape index (κ2) is 13.9. The summed E-state index contributed by atoms with van der Waals surface area (Å²) >= 11 is 0. The van der Waals surface area contributed by atoms with E-state index in [1.807, 2.05) is 24.3 Å². The number of nitrogens with zero attached hydrogens (tertiary/aromatic N) is 3. The molecule has 11 aromatic rings. The zero-order valence-corrected chi connectivity index (χ0v) is 32.5. The van der Waals surface area contributed by atoms with Gasteiger partial charge in [-0.3, -0.25) is 0 Å². The van der Waals surface area contributed by atoms with Gasteiger partial charge in [0.15, 0.2) is 17.5 Å². The molecule has 0 bridgehead atoms. The summed E-state index contributed by atoms with van der Waals surface area (Å²) in [6, 6.07) is 70.7. The fourth-order valence-electron chi connectivity index (χ4n) is 9.11. The van der Waals surface area contributed by atoms with E-state index in [1.165, 1.54) is 38.9 Å². The van der Waals surface area contributed by atoms with Crippen LogP contribution in [0.4, 0.5) is 0 Å². The first kappa shape index (κ1) is 34.1. The first-order chi connectivity index (χ1) is 29.7. The Morgan fingerprint density at radius 2 is 0.833 bits per heavy atom. The number of hydrogen-bond acceptors (Lipinski definition) is 4. The van der Waals surface area contributed by atoms with E-state index in [-0.39, 0.29) is 0 Å². The van der Waals surface area contributed by atoms with Gasteiger partial charge < -0.3 is 4.42 Å². The molecular weight excluding hydrogens is 731 g/mol. The van der Waals surface area contributed by atoms with Gasteiger partial charge in [-0.2, -0.15) is 0 Å². The Hall–Kier alpha value is -7.95. The van der Waals surface area contributed by atoms with Crippen LogP contribution in [0.25, 0.3) is 111 Å². The van der Waals surface area contributed by atoms with Crippen molar-refractivity contribution in [3.05, 3.63) is 211 Å². The van der Waals surface area contributed by atoms with Crippen molar-refractivity contribution in [3.63, 3.8) is 0 Å². The molecule has 12 rings (SSSR count). The molecule has 0 unspecified atom stereocenters. The minimum absolute atomic E-state index is 0.587. The molecule has 0 saturated carbocycles. The maximum Gasteiger partial charge on any atom is 0.164 e. The third-order valence-electron chi connectivity index (χ3n) is 12.0. The molecule has 60 heavy (non-hydrogen) atoms. The normalized spacial score (nSPS) is 11.9. The van der Waals surface area contributed by atoms with Crippen LogP contribution in [0.15, 0.2) is 205 Å². The Balaban J connectivity index is 1.03. The molecule has 1 aliphatic carbocycles. The van der Waals surface area contributed by atoms with E-state index in [0.717, 1.165) is 72.5 Å². The number of hydrogen-bond donors (Lipinski definition) is 0. The molecule has 2 heterocycles. The topological polar surface area (TPSA) is 51.8 Å². The van der Waals surface area contributed by atoms with Gasteiger partial charge in [0.25, 0.3) is 0 Å². The number of furan rings is 1. The molecule has 1 aliphatic rings. The Bertz CT molecular complexity index is 3440. The quantitative estimate of drug-likeness (QED) is 0.169. The predicted molar refractivity (Wildman–Crippen MR) is 245 cm³/mol. The second-order valence-electron chi connectivity index (χ2n) is 15.5. The van der Waals surface area contributed by atoms with E-state index < -0.39 is 0 Å². The lowest BCUT2D eigenvalue weighted by atomic mass is 9.91. The monoisotopic (exact) mass is 765 g/mol. The third-order valence-corrected chi connectivity index (χ3v) is 12.0. The van der Waals surface area contributed by atoms with Crippen LogP contribution in [-0.4, -0.2) is 15.0 Å². The summed E-state index contributed by atoms with van der Waals surface area (Å²) in [5.74, 6) is 1.81. The molecule has 0 amide bonds. The maximum absolute atomic E-state index is 6.34. The lowest BCUT2D eigenvalue weighted by molar-refractivity contribution is 0.669. The largest absolute Gasteiger partial charge is 0.456 e. The molecule has 4 heteroatoms. The zero-order valence-electron chi connectivity index (χ0n) is 32.5. The fraction of sp³-hybridized carbons (Fsp3) is 0.0179. The van der Waals surface area contributed by atoms with E-state index >= 15 is 0 Å². The molecule has 280 valence electrons. The first-order valence-corrected chi connectivity index (χ1v) is 20.4. The summed E-state index contributed by atoms with van der Waals surface area (Å²) in [6.45, 7) is 0. The Kier molecular flexibility index (Phi) is 7.88. The highest BCUT2D eigenvalue weighted by atomic mass is 16.3. The fourth-order valence-corrected chi connectivity index (χ4v) is 9.11. The highest BCUT2D eigenvalue weighted by molar-refractivity contribution is 6.06. The summed E-state index contributed by atoms with van der Waals surface area (Å²) < 4.78 is 6.34. The van der Waals surface area contributed by atoms with E-state index in [1.54, 1.807) is 0 Å². The summed E-state index contributed by atoms with van der Waals surface area (Å²) in [5, 5.41) is 4.36. The number of aromatic nitrogens is 3. The number of benzene rings is 9. The molecular formula is C56H35N3O. The summed E-state index contributed by atoms with van der Waals surface area (Å²) in [7, 11) is 0. The molecule has 0 atom stereocenters. The van der Waals surface area contributed by atoms with Crippen LogP contribution in [0.5, 0.6) is 0 Å². The van der Waals surface area contributed by atoms with Crippen molar-refractivity contribution in [1.29, 1.82) is 0 Å². The van der Waals surface area contributed by atoms with Gasteiger partial charge in [-0.15, -0.1) is 0 Å². The van der Waals surface area contributed by atoms with E-state index in [9.17, 15) is 0 Å². The van der Waals surface area contributed by atoms with Crippen molar-refractivity contribution >= 4 is 32.7 Å². The lowest BCUT2D eigenvalue weighted by Gasteiger charge is -2.14. The standard InChI is InChI=1S/C56H35N3O/c1-3-13-35(14-4-1)36-25-27-38(28-26-36)54-57-55(40-29-30-48-47-19-9-10-24-52(47)60-53(48)33-40)59-56(58-54)51-32-41(31-39-17-7-8-18-43(39)51)44-21-12-23-46-45-22-11-20-42(49(45)34-50(44)46)37-15-5-2-6-16-37/h1-33H,34H2. The van der Waals surface area contributed by atoms with Gasteiger partial charge in [0.1, 0.15) is 11.2 Å². The van der Waals surface area contributed by atoms with Crippen LogP contribution in [0, 0.1) is 0 Å². The lowest BCUT2D eigenvalue weighted by Crippen LogP contribution is -2.01. The van der Waals surface area contributed by atoms with Gasteiger partial charge in [0.2, 0.25) is 0 Å². The van der Waals surface area contributed by atoms with Crippen LogP contribution < -0.4 is 0 Å². The number of rotatable bonds is 6. The number of fused-ring (bicyclic) bond motifs is 7. The van der Waals surface area contributed by atoms with Crippen LogP contribution in [0.1, 0.15) is 11.1 Å². The summed E-state index contributed by atoms with van der Waals surface area (Å²) in [5.41, 5.74) is 16.9. The zero-order chi connectivity index (χ0) is 39.6.